The Morgan fingerprint density at radius 2 is 2.15 bits per heavy atom. The van der Waals surface area contributed by atoms with Crippen molar-refractivity contribution in [3.05, 3.63) is 22.4 Å². The average molecular weight is 316 g/mol. The Morgan fingerprint density at radius 3 is 2.70 bits per heavy atom. The van der Waals surface area contributed by atoms with Crippen molar-refractivity contribution >= 4 is 27.3 Å². The molecule has 2 rings (SSSR count). The largest absolute Gasteiger partial charge is 0.350 e. The topological polar surface area (TPSA) is 66.5 Å². The zero-order valence-electron chi connectivity index (χ0n) is 11.5. The molecule has 1 N–H and O–H groups in total. The van der Waals surface area contributed by atoms with Gasteiger partial charge in [0.05, 0.1) is 11.1 Å². The lowest BCUT2D eigenvalue weighted by Crippen LogP contribution is -2.43. The van der Waals surface area contributed by atoms with Crippen LogP contribution in [-0.4, -0.2) is 44.0 Å². The van der Waals surface area contributed by atoms with Gasteiger partial charge in [-0.15, -0.1) is 11.3 Å². The molecule has 112 valence electrons. The first-order chi connectivity index (χ1) is 9.48. The van der Waals surface area contributed by atoms with Crippen LogP contribution in [0.3, 0.4) is 0 Å². The molecule has 0 spiro atoms. The van der Waals surface area contributed by atoms with E-state index in [4.69, 9.17) is 0 Å². The summed E-state index contributed by atoms with van der Waals surface area (Å²) in [6.07, 6.45) is 5.25. The predicted octanol–water partition coefficient (Wildman–Crippen LogP) is 1.68. The van der Waals surface area contributed by atoms with Crippen molar-refractivity contribution in [2.75, 3.05) is 19.3 Å². The van der Waals surface area contributed by atoms with Gasteiger partial charge < -0.3 is 5.32 Å². The normalized spacial score (nSPS) is 16.7. The molecule has 0 aromatic carbocycles. The SMILES string of the molecule is CS(=O)(=O)N(CCNC(=O)c1cccs1)C1CCCC1. The Kier molecular flexibility index (Phi) is 5.17. The van der Waals surface area contributed by atoms with Gasteiger partial charge in [0.2, 0.25) is 10.0 Å². The van der Waals surface area contributed by atoms with E-state index >= 15 is 0 Å². The molecule has 0 bridgehead atoms. The zero-order valence-corrected chi connectivity index (χ0v) is 13.2. The highest BCUT2D eigenvalue weighted by Gasteiger charge is 2.28. The van der Waals surface area contributed by atoms with Crippen LogP contribution in [0.4, 0.5) is 0 Å². The fourth-order valence-electron chi connectivity index (χ4n) is 2.59. The van der Waals surface area contributed by atoms with E-state index in [9.17, 15) is 13.2 Å². The number of thiophene rings is 1. The molecule has 0 radical (unpaired) electrons. The molecule has 0 unspecified atom stereocenters. The van der Waals surface area contributed by atoms with Crippen LogP contribution in [0.2, 0.25) is 0 Å². The molecule has 1 heterocycles. The predicted molar refractivity (Wildman–Crippen MR) is 80.5 cm³/mol. The van der Waals surface area contributed by atoms with Crippen LogP contribution >= 0.6 is 11.3 Å². The Morgan fingerprint density at radius 1 is 1.45 bits per heavy atom. The number of nitrogens with zero attached hydrogens (tertiary/aromatic N) is 1. The summed E-state index contributed by atoms with van der Waals surface area (Å²) in [7, 11) is -3.22. The molecular weight excluding hydrogens is 296 g/mol. The minimum Gasteiger partial charge on any atom is -0.350 e. The molecule has 7 heteroatoms. The molecule has 1 amide bonds. The van der Waals surface area contributed by atoms with E-state index in [1.165, 1.54) is 21.9 Å². The van der Waals surface area contributed by atoms with E-state index in [-0.39, 0.29) is 11.9 Å². The van der Waals surface area contributed by atoms with Gasteiger partial charge in [-0.25, -0.2) is 8.42 Å². The third kappa shape index (κ3) is 4.04. The molecule has 1 fully saturated rings. The maximum atomic E-state index is 11.8. The third-order valence-corrected chi connectivity index (χ3v) is 5.72. The second-order valence-corrected chi connectivity index (χ2v) is 7.93. The second kappa shape index (κ2) is 6.69. The lowest BCUT2D eigenvalue weighted by atomic mass is 10.2. The Balaban J connectivity index is 1.88. The van der Waals surface area contributed by atoms with Crippen LogP contribution in [0.25, 0.3) is 0 Å². The molecule has 1 saturated carbocycles. The van der Waals surface area contributed by atoms with Crippen molar-refractivity contribution in [3.63, 3.8) is 0 Å². The van der Waals surface area contributed by atoms with Gasteiger partial charge in [0.25, 0.3) is 5.91 Å². The fraction of sp³-hybridized carbons (Fsp3) is 0.615. The molecule has 20 heavy (non-hydrogen) atoms. The number of nitrogens with one attached hydrogen (secondary N) is 1. The molecule has 0 atom stereocenters. The van der Waals surface area contributed by atoms with E-state index in [2.05, 4.69) is 5.32 Å². The molecule has 1 aliphatic carbocycles. The van der Waals surface area contributed by atoms with Crippen LogP contribution in [0.1, 0.15) is 35.4 Å². The Labute approximate surface area is 124 Å². The number of rotatable bonds is 6. The molecule has 0 saturated heterocycles. The van der Waals surface area contributed by atoms with Crippen molar-refractivity contribution in [2.45, 2.75) is 31.7 Å². The third-order valence-electron chi connectivity index (χ3n) is 3.52. The molecule has 1 aliphatic rings. The molecule has 0 aliphatic heterocycles. The molecule has 1 aromatic heterocycles. The number of carbonyl (C=O) groups excluding carboxylic acids is 1. The van der Waals surface area contributed by atoms with E-state index < -0.39 is 10.0 Å². The summed E-state index contributed by atoms with van der Waals surface area (Å²) < 4.78 is 25.2. The van der Waals surface area contributed by atoms with Crippen LogP contribution < -0.4 is 5.32 Å². The summed E-state index contributed by atoms with van der Waals surface area (Å²) in [5.74, 6) is -0.139. The number of sulfonamides is 1. The first-order valence-corrected chi connectivity index (χ1v) is 9.50. The van der Waals surface area contributed by atoms with Gasteiger partial charge in [-0.1, -0.05) is 18.9 Å². The summed E-state index contributed by atoms with van der Waals surface area (Å²) in [5, 5.41) is 4.62. The van der Waals surface area contributed by atoms with Crippen LogP contribution in [0.15, 0.2) is 17.5 Å². The summed E-state index contributed by atoms with van der Waals surface area (Å²) in [6, 6.07) is 3.68. The van der Waals surface area contributed by atoms with Gasteiger partial charge in [0.1, 0.15) is 0 Å². The highest BCUT2D eigenvalue weighted by molar-refractivity contribution is 7.88. The fourth-order valence-corrected chi connectivity index (χ4v) is 4.40. The van der Waals surface area contributed by atoms with Crippen molar-refractivity contribution < 1.29 is 13.2 Å². The minimum absolute atomic E-state index is 0.101. The maximum absolute atomic E-state index is 11.8. The summed E-state index contributed by atoms with van der Waals surface area (Å²) in [5.41, 5.74) is 0. The number of carbonyl (C=O) groups is 1. The number of amides is 1. The smallest absolute Gasteiger partial charge is 0.261 e. The van der Waals surface area contributed by atoms with Crippen molar-refractivity contribution in [2.24, 2.45) is 0 Å². The minimum atomic E-state index is -3.22. The van der Waals surface area contributed by atoms with Crippen molar-refractivity contribution in [3.8, 4) is 0 Å². The number of hydrogen-bond acceptors (Lipinski definition) is 4. The first kappa shape index (κ1) is 15.5. The lowest BCUT2D eigenvalue weighted by molar-refractivity contribution is 0.0954. The highest BCUT2D eigenvalue weighted by atomic mass is 32.2. The van der Waals surface area contributed by atoms with Crippen LogP contribution in [0.5, 0.6) is 0 Å². The Bertz CT molecular complexity index is 534. The Hall–Kier alpha value is -0.920. The standard InChI is InChI=1S/C13H20N2O3S2/c1-20(17,18)15(11-5-2-3-6-11)9-8-14-13(16)12-7-4-10-19-12/h4,7,10-11H,2-3,5-6,8-9H2,1H3,(H,14,16). The van der Waals surface area contributed by atoms with E-state index in [0.29, 0.717) is 18.0 Å². The van der Waals surface area contributed by atoms with Crippen LogP contribution in [-0.2, 0) is 10.0 Å². The van der Waals surface area contributed by atoms with Gasteiger partial charge in [-0.3, -0.25) is 4.79 Å². The molecule has 5 nitrogen and oxygen atoms in total. The summed E-state index contributed by atoms with van der Waals surface area (Å²) in [6.45, 7) is 0.695. The van der Waals surface area contributed by atoms with Gasteiger partial charge >= 0.3 is 0 Å². The van der Waals surface area contributed by atoms with Crippen molar-refractivity contribution in [1.82, 2.24) is 9.62 Å². The first-order valence-electron chi connectivity index (χ1n) is 6.77. The summed E-state index contributed by atoms with van der Waals surface area (Å²) in [4.78, 5) is 12.4. The monoisotopic (exact) mass is 316 g/mol. The lowest BCUT2D eigenvalue weighted by Gasteiger charge is -2.26. The zero-order chi connectivity index (χ0) is 14.6. The van der Waals surface area contributed by atoms with Gasteiger partial charge in [-0.05, 0) is 24.3 Å². The molecular formula is C13H20N2O3S2. The van der Waals surface area contributed by atoms with E-state index in [1.807, 2.05) is 11.4 Å². The van der Waals surface area contributed by atoms with Crippen molar-refractivity contribution in [1.29, 1.82) is 0 Å². The van der Waals surface area contributed by atoms with Gasteiger partial charge in [0.15, 0.2) is 0 Å². The molecule has 1 aromatic rings. The van der Waals surface area contributed by atoms with Gasteiger partial charge in [-0.2, -0.15) is 4.31 Å². The number of hydrogen-bond donors (Lipinski definition) is 1. The quantitative estimate of drug-likeness (QED) is 0.868. The summed E-state index contributed by atoms with van der Waals surface area (Å²) >= 11 is 1.38. The second-order valence-electron chi connectivity index (χ2n) is 5.05. The average Bonchev–Trinajstić information content (AvgIpc) is 3.04. The van der Waals surface area contributed by atoms with Gasteiger partial charge in [0, 0.05) is 19.1 Å². The highest BCUT2D eigenvalue weighted by Crippen LogP contribution is 2.24. The maximum Gasteiger partial charge on any atom is 0.261 e. The van der Waals surface area contributed by atoms with E-state index in [1.54, 1.807) is 6.07 Å². The van der Waals surface area contributed by atoms with E-state index in [0.717, 1.165) is 25.7 Å². The van der Waals surface area contributed by atoms with Crippen LogP contribution in [0, 0.1) is 0 Å².